The Labute approximate surface area is 200 Å². The van der Waals surface area contributed by atoms with Gasteiger partial charge in [-0.3, -0.25) is 9.48 Å². The van der Waals surface area contributed by atoms with E-state index < -0.39 is 11.6 Å². The lowest BCUT2D eigenvalue weighted by Gasteiger charge is -2.37. The predicted molar refractivity (Wildman–Crippen MR) is 122 cm³/mol. The minimum absolute atomic E-state index is 0.0673. The average molecular weight is 486 g/mol. The molecule has 2 aromatic heterocycles. The van der Waals surface area contributed by atoms with Crippen LogP contribution in [0, 0.1) is 6.92 Å². The molecule has 1 aromatic carbocycles. The Kier molecular flexibility index (Phi) is 6.75. The second kappa shape index (κ2) is 9.74. The molecule has 0 saturated carbocycles. The molecule has 1 fully saturated rings. The summed E-state index contributed by atoms with van der Waals surface area (Å²) in [6, 6.07) is 5.38. The fourth-order valence-corrected chi connectivity index (χ4v) is 4.04. The number of nitrogens with zero attached hydrogens (tertiary/aromatic N) is 7. The zero-order valence-electron chi connectivity index (χ0n) is 18.5. The first kappa shape index (κ1) is 23.6. The van der Waals surface area contributed by atoms with Crippen LogP contribution in [0.1, 0.15) is 40.2 Å². The van der Waals surface area contributed by atoms with Crippen molar-refractivity contribution < 1.29 is 19.8 Å². The van der Waals surface area contributed by atoms with Crippen LogP contribution in [-0.4, -0.2) is 75.7 Å². The Morgan fingerprint density at radius 3 is 2.68 bits per heavy atom. The number of aryl methyl sites for hydroxylation is 1. The Morgan fingerprint density at radius 1 is 1.26 bits per heavy atom. The smallest absolute Gasteiger partial charge is 0.338 e. The van der Waals surface area contributed by atoms with Crippen LogP contribution >= 0.6 is 11.6 Å². The van der Waals surface area contributed by atoms with Gasteiger partial charge in [-0.2, -0.15) is 9.90 Å². The highest BCUT2D eigenvalue weighted by Crippen LogP contribution is 2.25. The molecule has 1 aliphatic rings. The van der Waals surface area contributed by atoms with Gasteiger partial charge in [-0.15, -0.1) is 10.2 Å². The van der Waals surface area contributed by atoms with Crippen molar-refractivity contribution in [3.05, 3.63) is 64.2 Å². The average Bonchev–Trinajstić information content (AvgIpc) is 3.42. The van der Waals surface area contributed by atoms with Crippen molar-refractivity contribution >= 4 is 29.6 Å². The molecule has 0 unspecified atom stereocenters. The number of aromatic carboxylic acids is 1. The van der Waals surface area contributed by atoms with Gasteiger partial charge in [-0.1, -0.05) is 17.7 Å². The van der Waals surface area contributed by atoms with Gasteiger partial charge in [-0.05, 0) is 54.3 Å². The van der Waals surface area contributed by atoms with Gasteiger partial charge < -0.3 is 15.1 Å². The zero-order valence-corrected chi connectivity index (χ0v) is 19.3. The normalized spacial score (nSPS) is 15.7. The summed E-state index contributed by atoms with van der Waals surface area (Å²) in [6.45, 7) is 3.04. The maximum absolute atomic E-state index is 12.8. The zero-order chi connectivity index (χ0) is 24.3. The fraction of sp³-hybridized carbons (Fsp3) is 0.364. The number of halogens is 1. The minimum Gasteiger partial charge on any atom is -0.478 e. The lowest BCUT2D eigenvalue weighted by Crippen LogP contribution is -2.48. The number of amides is 1. The molecule has 0 atom stereocenters. The van der Waals surface area contributed by atoms with E-state index in [-0.39, 0.29) is 18.0 Å². The highest BCUT2D eigenvalue weighted by atomic mass is 35.5. The molecule has 0 bridgehead atoms. The SMILES string of the molecule is Cc1nnn(Cc2cc(Cl)ccc2C=CC(=O)N2CCC(O)(Cn3cc(C(=O)O)cn3)CC2)n1. The maximum atomic E-state index is 12.8. The van der Waals surface area contributed by atoms with Crippen molar-refractivity contribution in [1.82, 2.24) is 34.9 Å². The van der Waals surface area contributed by atoms with Gasteiger partial charge in [0.05, 0.1) is 30.5 Å². The van der Waals surface area contributed by atoms with Crippen molar-refractivity contribution in [2.75, 3.05) is 13.1 Å². The molecule has 12 heteroatoms. The second-order valence-corrected chi connectivity index (χ2v) is 8.76. The number of piperidine rings is 1. The minimum atomic E-state index is -1.07. The summed E-state index contributed by atoms with van der Waals surface area (Å²) in [4.78, 5) is 26.9. The number of likely N-dealkylation sites (tertiary alicyclic amines) is 1. The van der Waals surface area contributed by atoms with E-state index >= 15 is 0 Å². The molecule has 34 heavy (non-hydrogen) atoms. The first-order valence-corrected chi connectivity index (χ1v) is 11.1. The Morgan fingerprint density at radius 2 is 2.03 bits per heavy atom. The van der Waals surface area contributed by atoms with Crippen LogP contribution in [0.2, 0.25) is 5.02 Å². The van der Waals surface area contributed by atoms with Crippen molar-refractivity contribution in [2.45, 2.75) is 38.5 Å². The lowest BCUT2D eigenvalue weighted by atomic mass is 9.91. The first-order chi connectivity index (χ1) is 16.2. The molecule has 3 heterocycles. The maximum Gasteiger partial charge on any atom is 0.338 e. The van der Waals surface area contributed by atoms with Crippen LogP contribution in [-0.2, 0) is 17.9 Å². The van der Waals surface area contributed by atoms with E-state index in [1.165, 1.54) is 27.9 Å². The van der Waals surface area contributed by atoms with Crippen LogP contribution in [0.25, 0.3) is 6.08 Å². The summed E-state index contributed by atoms with van der Waals surface area (Å²) in [6.07, 6.45) is 6.59. The Bertz CT molecular complexity index is 1230. The molecule has 2 N–H and O–H groups in total. The van der Waals surface area contributed by atoms with E-state index in [0.717, 1.165) is 11.1 Å². The monoisotopic (exact) mass is 485 g/mol. The van der Waals surface area contributed by atoms with E-state index in [1.54, 1.807) is 30.0 Å². The summed E-state index contributed by atoms with van der Waals surface area (Å²) >= 11 is 6.15. The lowest BCUT2D eigenvalue weighted by molar-refractivity contribution is -0.130. The number of rotatable bonds is 7. The number of benzene rings is 1. The number of carboxylic acids is 1. The van der Waals surface area contributed by atoms with Crippen molar-refractivity contribution in [3.63, 3.8) is 0 Å². The molecule has 0 spiro atoms. The third-order valence-corrected chi connectivity index (χ3v) is 5.95. The van der Waals surface area contributed by atoms with Gasteiger partial charge in [0.1, 0.15) is 0 Å². The predicted octanol–water partition coefficient (Wildman–Crippen LogP) is 1.64. The molecule has 11 nitrogen and oxygen atoms in total. The van der Waals surface area contributed by atoms with Gasteiger partial charge in [-0.25, -0.2) is 4.79 Å². The van der Waals surface area contributed by atoms with Gasteiger partial charge in [0.15, 0.2) is 5.82 Å². The van der Waals surface area contributed by atoms with E-state index in [2.05, 4.69) is 20.5 Å². The summed E-state index contributed by atoms with van der Waals surface area (Å²) in [5.41, 5.74) is 0.669. The fourth-order valence-electron chi connectivity index (χ4n) is 3.85. The topological polar surface area (TPSA) is 139 Å². The molecule has 1 saturated heterocycles. The number of carboxylic acid groups (broad SMARTS) is 1. The van der Waals surface area contributed by atoms with Crippen LogP contribution in [0.3, 0.4) is 0 Å². The van der Waals surface area contributed by atoms with Crippen molar-refractivity contribution in [2.24, 2.45) is 0 Å². The molecule has 0 radical (unpaired) electrons. The summed E-state index contributed by atoms with van der Waals surface area (Å²) in [5, 5.41) is 36.5. The Hall–Kier alpha value is -3.57. The summed E-state index contributed by atoms with van der Waals surface area (Å²) in [7, 11) is 0. The largest absolute Gasteiger partial charge is 0.478 e. The molecule has 0 aliphatic carbocycles. The highest BCUT2D eigenvalue weighted by Gasteiger charge is 2.34. The number of aliphatic hydroxyl groups is 1. The number of carbonyl (C=O) groups excluding carboxylic acids is 1. The summed E-state index contributed by atoms with van der Waals surface area (Å²) in [5.74, 6) is -0.666. The standard InChI is InChI=1S/C22H24ClN7O4/c1-15-25-27-30(26-15)13-17-10-19(23)4-2-16(17)3-5-20(31)28-8-6-22(34,7-9-28)14-29-12-18(11-24-29)21(32)33/h2-5,10-12,34H,6-9,13-14H2,1H3,(H,32,33). The van der Waals surface area contributed by atoms with Gasteiger partial charge in [0.25, 0.3) is 0 Å². The van der Waals surface area contributed by atoms with E-state index in [9.17, 15) is 14.7 Å². The van der Waals surface area contributed by atoms with Crippen molar-refractivity contribution in [3.8, 4) is 0 Å². The van der Waals surface area contributed by atoms with E-state index in [1.807, 2.05) is 6.07 Å². The van der Waals surface area contributed by atoms with Gasteiger partial charge in [0, 0.05) is 30.4 Å². The second-order valence-electron chi connectivity index (χ2n) is 8.32. The molecular formula is C22H24ClN7O4. The quantitative estimate of drug-likeness (QED) is 0.481. The van der Waals surface area contributed by atoms with Crippen LogP contribution in [0.4, 0.5) is 0 Å². The molecule has 3 aromatic rings. The number of tetrazole rings is 1. The Balaban J connectivity index is 1.37. The molecule has 1 amide bonds. The first-order valence-electron chi connectivity index (χ1n) is 10.7. The van der Waals surface area contributed by atoms with Crippen LogP contribution < -0.4 is 0 Å². The highest BCUT2D eigenvalue weighted by molar-refractivity contribution is 6.30. The molecule has 4 rings (SSSR count). The van der Waals surface area contributed by atoms with Crippen molar-refractivity contribution in [1.29, 1.82) is 0 Å². The molecule has 1 aliphatic heterocycles. The third-order valence-electron chi connectivity index (χ3n) is 5.72. The summed E-state index contributed by atoms with van der Waals surface area (Å²) < 4.78 is 1.42. The number of aromatic nitrogens is 6. The van der Waals surface area contributed by atoms with Crippen LogP contribution in [0.15, 0.2) is 36.7 Å². The van der Waals surface area contributed by atoms with Gasteiger partial charge in [0.2, 0.25) is 5.91 Å². The van der Waals surface area contributed by atoms with Crippen LogP contribution in [0.5, 0.6) is 0 Å². The van der Waals surface area contributed by atoms with E-state index in [4.69, 9.17) is 16.7 Å². The van der Waals surface area contributed by atoms with Gasteiger partial charge >= 0.3 is 5.97 Å². The number of hydrogen-bond acceptors (Lipinski definition) is 7. The van der Waals surface area contributed by atoms with E-state index in [0.29, 0.717) is 43.3 Å². The number of carbonyl (C=O) groups is 2. The third kappa shape index (κ3) is 5.67. The number of hydrogen-bond donors (Lipinski definition) is 2. The molecule has 178 valence electrons. The molecular weight excluding hydrogens is 462 g/mol.